The number of anilines is 1. The summed E-state index contributed by atoms with van der Waals surface area (Å²) < 4.78 is 23.5. The zero-order valence-electron chi connectivity index (χ0n) is 18.2. The normalized spacial score (nSPS) is 15.5. The van der Waals surface area contributed by atoms with Crippen LogP contribution >= 0.6 is 0 Å². The molecule has 2 heterocycles. The van der Waals surface area contributed by atoms with E-state index in [1.54, 1.807) is 7.05 Å². The van der Waals surface area contributed by atoms with E-state index in [9.17, 15) is 4.39 Å². The molecule has 1 saturated carbocycles. The Morgan fingerprint density at radius 1 is 1.29 bits per heavy atom. The van der Waals surface area contributed by atoms with Gasteiger partial charge in [-0.2, -0.15) is 4.98 Å². The van der Waals surface area contributed by atoms with Gasteiger partial charge in [0.25, 0.3) is 5.95 Å². The van der Waals surface area contributed by atoms with Crippen molar-refractivity contribution in [2.45, 2.75) is 58.0 Å². The number of rotatable bonds is 10. The molecule has 0 aliphatic heterocycles. The molecule has 5 N–H and O–H groups in total. The van der Waals surface area contributed by atoms with Gasteiger partial charge in [0, 0.05) is 13.5 Å². The number of aryl methyl sites for hydroxylation is 2. The lowest BCUT2D eigenvalue weighted by Crippen LogP contribution is -2.32. The molecule has 0 amide bonds. The SMILES string of the molecule is Cc1nc(/C(N)=C(\CNc2noc(CCCF)n2)N(C)N)ccc1OC1CCCCC1. The third kappa shape index (κ3) is 6.30. The topological polar surface area (TPSA) is 128 Å². The molecule has 0 aromatic carbocycles. The monoisotopic (exact) mass is 433 g/mol. The Bertz CT molecular complexity index is 878. The quantitative estimate of drug-likeness (QED) is 0.382. The molecule has 0 spiro atoms. The maximum Gasteiger partial charge on any atom is 0.263 e. The van der Waals surface area contributed by atoms with Gasteiger partial charge in [-0.1, -0.05) is 6.42 Å². The zero-order chi connectivity index (χ0) is 22.2. The Morgan fingerprint density at radius 3 is 2.74 bits per heavy atom. The van der Waals surface area contributed by atoms with E-state index in [0.717, 1.165) is 24.3 Å². The summed E-state index contributed by atoms with van der Waals surface area (Å²) in [6, 6.07) is 3.75. The summed E-state index contributed by atoms with van der Waals surface area (Å²) in [5, 5.41) is 8.30. The van der Waals surface area contributed by atoms with E-state index in [4.69, 9.17) is 20.8 Å². The van der Waals surface area contributed by atoms with Crippen LogP contribution in [0.2, 0.25) is 0 Å². The van der Waals surface area contributed by atoms with Crippen molar-refractivity contribution >= 4 is 11.6 Å². The molecule has 0 saturated heterocycles. The van der Waals surface area contributed by atoms with Crippen LogP contribution in [0.3, 0.4) is 0 Å². The smallest absolute Gasteiger partial charge is 0.263 e. The van der Waals surface area contributed by atoms with E-state index in [2.05, 4.69) is 20.4 Å². The van der Waals surface area contributed by atoms with Crippen molar-refractivity contribution in [1.82, 2.24) is 20.1 Å². The molecule has 2 aromatic rings. The fourth-order valence-electron chi connectivity index (χ4n) is 3.55. The predicted molar refractivity (Wildman–Crippen MR) is 117 cm³/mol. The van der Waals surface area contributed by atoms with E-state index < -0.39 is 6.67 Å². The highest BCUT2D eigenvalue weighted by molar-refractivity contribution is 5.64. The van der Waals surface area contributed by atoms with Gasteiger partial charge in [-0.25, -0.2) is 10.8 Å². The lowest BCUT2D eigenvalue weighted by molar-refractivity contribution is 0.153. The highest BCUT2D eigenvalue weighted by Crippen LogP contribution is 2.26. The molecule has 2 aromatic heterocycles. The first-order chi connectivity index (χ1) is 15.0. The number of halogens is 1. The number of hydrogen-bond acceptors (Lipinski definition) is 9. The second-order valence-electron chi connectivity index (χ2n) is 7.79. The number of likely N-dealkylation sites (N-methyl/N-ethyl adjacent to an activating group) is 1. The van der Waals surface area contributed by atoms with Gasteiger partial charge < -0.3 is 25.3 Å². The van der Waals surface area contributed by atoms with Gasteiger partial charge >= 0.3 is 0 Å². The highest BCUT2D eigenvalue weighted by Gasteiger charge is 2.18. The van der Waals surface area contributed by atoms with Crippen molar-refractivity contribution in [3.63, 3.8) is 0 Å². The first-order valence-corrected chi connectivity index (χ1v) is 10.7. The van der Waals surface area contributed by atoms with Crippen LogP contribution in [0.25, 0.3) is 5.70 Å². The highest BCUT2D eigenvalue weighted by atomic mass is 19.1. The van der Waals surface area contributed by atoms with Gasteiger partial charge in [-0.05, 0) is 56.3 Å². The maximum absolute atomic E-state index is 12.3. The first kappa shape index (κ1) is 22.8. The largest absolute Gasteiger partial charge is 0.489 e. The number of alkyl halides is 1. The van der Waals surface area contributed by atoms with Crippen LogP contribution in [0, 0.1) is 6.92 Å². The van der Waals surface area contributed by atoms with Crippen molar-refractivity contribution in [2.24, 2.45) is 11.6 Å². The van der Waals surface area contributed by atoms with E-state index in [0.29, 0.717) is 41.8 Å². The zero-order valence-corrected chi connectivity index (χ0v) is 18.2. The van der Waals surface area contributed by atoms with Crippen molar-refractivity contribution in [2.75, 3.05) is 25.6 Å². The van der Waals surface area contributed by atoms with Gasteiger partial charge in [-0.3, -0.25) is 4.39 Å². The molecular formula is C21H32FN7O2. The van der Waals surface area contributed by atoms with Crippen LogP contribution in [0.1, 0.15) is 55.8 Å². The Morgan fingerprint density at radius 2 is 2.06 bits per heavy atom. The molecule has 0 unspecified atom stereocenters. The van der Waals surface area contributed by atoms with Crippen molar-refractivity contribution in [3.05, 3.63) is 35.1 Å². The van der Waals surface area contributed by atoms with Gasteiger partial charge in [0.2, 0.25) is 5.89 Å². The van der Waals surface area contributed by atoms with Crippen LogP contribution in [0.5, 0.6) is 5.75 Å². The average Bonchev–Trinajstić information content (AvgIpc) is 3.22. The summed E-state index contributed by atoms with van der Waals surface area (Å²) in [4.78, 5) is 8.81. The summed E-state index contributed by atoms with van der Waals surface area (Å²) in [6.07, 6.45) is 6.87. The minimum atomic E-state index is -0.427. The third-order valence-corrected chi connectivity index (χ3v) is 5.30. The summed E-state index contributed by atoms with van der Waals surface area (Å²) in [7, 11) is 1.69. The van der Waals surface area contributed by atoms with Crippen molar-refractivity contribution in [1.29, 1.82) is 0 Å². The molecule has 0 radical (unpaired) electrons. The van der Waals surface area contributed by atoms with Crippen LogP contribution in [-0.2, 0) is 6.42 Å². The number of nitrogens with two attached hydrogens (primary N) is 2. The summed E-state index contributed by atoms with van der Waals surface area (Å²) in [6.45, 7) is 1.75. The number of ether oxygens (including phenoxy) is 1. The van der Waals surface area contributed by atoms with E-state index in [1.807, 2.05) is 19.1 Å². The Labute approximate surface area is 182 Å². The van der Waals surface area contributed by atoms with Crippen molar-refractivity contribution in [3.8, 4) is 5.75 Å². The number of hydrogen-bond donors (Lipinski definition) is 3. The van der Waals surface area contributed by atoms with Gasteiger partial charge in [-0.15, -0.1) is 0 Å². The summed E-state index contributed by atoms with van der Waals surface area (Å²) >= 11 is 0. The maximum atomic E-state index is 12.3. The average molecular weight is 434 g/mol. The standard InChI is InChI=1S/C21H32FN7O2/c1-14-18(30-15-7-4-3-5-8-15)11-10-16(26-14)20(23)17(29(2)24)13-25-21-27-19(31-28-21)9-6-12-22/h10-11,15H,3-9,12-13,23-24H2,1-2H3,(H,25,28)/b20-17-. The fraction of sp³-hybridized carbons (Fsp3) is 0.571. The van der Waals surface area contributed by atoms with Crippen LogP contribution in [0.15, 0.2) is 22.4 Å². The number of hydrazine groups is 1. The molecule has 0 bridgehead atoms. The number of aromatic nitrogens is 3. The van der Waals surface area contributed by atoms with E-state index in [1.165, 1.54) is 24.3 Å². The first-order valence-electron chi connectivity index (χ1n) is 10.7. The molecular weight excluding hydrogens is 401 g/mol. The number of pyridine rings is 1. The number of nitrogens with one attached hydrogen (secondary N) is 1. The Kier molecular flexibility index (Phi) is 8.05. The van der Waals surface area contributed by atoms with Crippen LogP contribution in [0.4, 0.5) is 10.3 Å². The van der Waals surface area contributed by atoms with E-state index in [-0.39, 0.29) is 12.6 Å². The molecule has 3 rings (SSSR count). The van der Waals surface area contributed by atoms with Gasteiger partial charge in [0.1, 0.15) is 5.75 Å². The molecule has 31 heavy (non-hydrogen) atoms. The molecule has 1 aliphatic rings. The fourth-order valence-corrected chi connectivity index (χ4v) is 3.55. The minimum absolute atomic E-state index is 0.257. The van der Waals surface area contributed by atoms with Gasteiger partial charge in [0.05, 0.1) is 42.1 Å². The summed E-state index contributed by atoms with van der Waals surface area (Å²) in [5.74, 6) is 7.46. The molecule has 9 nitrogen and oxygen atoms in total. The van der Waals surface area contributed by atoms with Gasteiger partial charge in [0.15, 0.2) is 0 Å². The number of nitrogens with zero attached hydrogens (tertiary/aromatic N) is 4. The molecule has 170 valence electrons. The summed E-state index contributed by atoms with van der Waals surface area (Å²) in [5.41, 5.74) is 8.83. The predicted octanol–water partition coefficient (Wildman–Crippen LogP) is 2.93. The Balaban J connectivity index is 1.69. The Hall–Kier alpha value is -2.88. The van der Waals surface area contributed by atoms with Crippen LogP contribution in [-0.4, -0.2) is 46.5 Å². The van der Waals surface area contributed by atoms with Crippen molar-refractivity contribution < 1.29 is 13.7 Å². The second-order valence-corrected chi connectivity index (χ2v) is 7.79. The molecule has 1 aliphatic carbocycles. The lowest BCUT2D eigenvalue weighted by atomic mass is 9.98. The minimum Gasteiger partial charge on any atom is -0.489 e. The lowest BCUT2D eigenvalue weighted by Gasteiger charge is -2.24. The molecule has 1 fully saturated rings. The second kappa shape index (κ2) is 10.9. The van der Waals surface area contributed by atoms with E-state index >= 15 is 0 Å². The molecule has 0 atom stereocenters. The molecule has 10 heteroatoms. The third-order valence-electron chi connectivity index (χ3n) is 5.30. The van der Waals surface area contributed by atoms with Crippen LogP contribution < -0.4 is 21.6 Å².